The van der Waals surface area contributed by atoms with Crippen LogP contribution in [0.25, 0.3) is 0 Å². The molecule has 0 aromatic heterocycles. The summed E-state index contributed by atoms with van der Waals surface area (Å²) in [6.07, 6.45) is 22.5. The summed E-state index contributed by atoms with van der Waals surface area (Å²) in [6, 6.07) is 0. The monoisotopic (exact) mass is 324 g/mol. The third kappa shape index (κ3) is 2.42. The molecule has 8 atom stereocenters. The van der Waals surface area contributed by atoms with E-state index in [1.54, 1.807) is 0 Å². The molecule has 0 bridgehead atoms. The van der Waals surface area contributed by atoms with E-state index in [1.165, 1.54) is 19.3 Å². The second kappa shape index (κ2) is 6.38. The Morgan fingerprint density at radius 2 is 1.88 bits per heavy atom. The number of hydrogen-bond acceptors (Lipinski definition) is 1. The number of aliphatic carboxylic acids is 1. The number of carbonyl (C=O) groups is 1. The van der Waals surface area contributed by atoms with Gasteiger partial charge in [-0.1, -0.05) is 55.5 Å². The SMILES string of the molecule is CC/C=C\C=C\CC[C@H]1[C@H]2C=C[C@@H]3[C@@H]4[C@H]2[C@H]1C[C@H]4C=C[C@H]3C(=O)O. The minimum absolute atomic E-state index is 0.240. The molecule has 1 N–H and O–H groups in total. The van der Waals surface area contributed by atoms with E-state index in [9.17, 15) is 9.90 Å². The molecular formula is C22H28O2. The maximum absolute atomic E-state index is 11.6. The van der Waals surface area contributed by atoms with E-state index in [2.05, 4.69) is 49.5 Å². The van der Waals surface area contributed by atoms with Crippen LogP contribution in [0, 0.1) is 47.3 Å². The number of rotatable bonds is 6. The number of carboxylic acid groups (broad SMARTS) is 1. The molecule has 128 valence electrons. The van der Waals surface area contributed by atoms with Crippen LogP contribution in [0.2, 0.25) is 0 Å². The highest BCUT2D eigenvalue weighted by molar-refractivity contribution is 5.73. The molecule has 0 radical (unpaired) electrons. The summed E-state index contributed by atoms with van der Waals surface area (Å²) in [5.74, 6) is 3.62. The molecule has 2 fully saturated rings. The smallest absolute Gasteiger partial charge is 0.310 e. The van der Waals surface area contributed by atoms with Crippen molar-refractivity contribution >= 4 is 5.97 Å². The fourth-order valence-electron chi connectivity index (χ4n) is 6.11. The van der Waals surface area contributed by atoms with E-state index in [0.29, 0.717) is 17.8 Å². The first-order valence-corrected chi connectivity index (χ1v) is 9.63. The van der Waals surface area contributed by atoms with Gasteiger partial charge in [-0.05, 0) is 67.1 Å². The van der Waals surface area contributed by atoms with Crippen molar-refractivity contribution in [2.75, 3.05) is 0 Å². The van der Waals surface area contributed by atoms with Crippen molar-refractivity contribution in [3.63, 3.8) is 0 Å². The summed E-state index contributed by atoms with van der Waals surface area (Å²) in [5.41, 5.74) is 0. The van der Waals surface area contributed by atoms with Gasteiger partial charge in [0.25, 0.3) is 0 Å². The summed E-state index contributed by atoms with van der Waals surface area (Å²) < 4.78 is 0. The fraction of sp³-hybridized carbons (Fsp3) is 0.591. The molecule has 2 heteroatoms. The lowest BCUT2D eigenvalue weighted by atomic mass is 9.50. The van der Waals surface area contributed by atoms with Gasteiger partial charge in [-0.2, -0.15) is 0 Å². The second-order valence-corrected chi connectivity index (χ2v) is 8.01. The molecule has 2 saturated carbocycles. The highest BCUT2D eigenvalue weighted by atomic mass is 16.4. The maximum atomic E-state index is 11.6. The fourth-order valence-corrected chi connectivity index (χ4v) is 6.11. The Hall–Kier alpha value is -1.57. The molecule has 24 heavy (non-hydrogen) atoms. The standard InChI is InChI=1S/C22H28O2/c1-2-3-4-5-6-7-8-15-16-11-12-17-18(22(23)24)10-9-14-13-19(15)21(16)20(14)17/h3-6,9-12,14-21H,2,7-8,13H2,1H3,(H,23,24)/b4-3-,6-5+/t14-,15+,16-,17+,18-,19+,20-,21-/m1/s1. The van der Waals surface area contributed by atoms with Crippen LogP contribution in [-0.4, -0.2) is 11.1 Å². The van der Waals surface area contributed by atoms with Crippen molar-refractivity contribution < 1.29 is 9.90 Å². The second-order valence-electron chi connectivity index (χ2n) is 8.01. The van der Waals surface area contributed by atoms with Crippen LogP contribution in [0.4, 0.5) is 0 Å². The molecule has 4 aliphatic rings. The lowest BCUT2D eigenvalue weighted by molar-refractivity contribution is -0.143. The van der Waals surface area contributed by atoms with Crippen molar-refractivity contribution in [3.8, 4) is 0 Å². The van der Waals surface area contributed by atoms with E-state index in [1.807, 2.05) is 6.08 Å². The van der Waals surface area contributed by atoms with Gasteiger partial charge in [0.05, 0.1) is 5.92 Å². The normalized spacial score (nSPS) is 44.9. The van der Waals surface area contributed by atoms with Crippen molar-refractivity contribution in [1.29, 1.82) is 0 Å². The third-order valence-corrected chi connectivity index (χ3v) is 7.02. The van der Waals surface area contributed by atoms with E-state index < -0.39 is 5.97 Å². The largest absolute Gasteiger partial charge is 0.481 e. The quantitative estimate of drug-likeness (QED) is 0.559. The summed E-state index contributed by atoms with van der Waals surface area (Å²) in [4.78, 5) is 11.6. The van der Waals surface area contributed by atoms with Crippen LogP contribution < -0.4 is 0 Å². The molecule has 2 nitrogen and oxygen atoms in total. The van der Waals surface area contributed by atoms with Gasteiger partial charge >= 0.3 is 5.97 Å². The molecule has 4 aliphatic carbocycles. The van der Waals surface area contributed by atoms with Crippen LogP contribution in [0.15, 0.2) is 48.6 Å². The summed E-state index contributed by atoms with van der Waals surface area (Å²) >= 11 is 0. The van der Waals surface area contributed by atoms with E-state index >= 15 is 0 Å². The average molecular weight is 324 g/mol. The molecular weight excluding hydrogens is 296 g/mol. The third-order valence-electron chi connectivity index (χ3n) is 7.02. The Kier molecular flexibility index (Phi) is 4.24. The van der Waals surface area contributed by atoms with Gasteiger partial charge in [-0.15, -0.1) is 0 Å². The van der Waals surface area contributed by atoms with Gasteiger partial charge in [-0.3, -0.25) is 4.79 Å². The summed E-state index contributed by atoms with van der Waals surface area (Å²) in [7, 11) is 0. The average Bonchev–Trinajstić information content (AvgIpc) is 2.91. The van der Waals surface area contributed by atoms with E-state index in [0.717, 1.165) is 24.2 Å². The molecule has 0 aromatic rings. The Bertz CT molecular complexity index is 611. The van der Waals surface area contributed by atoms with Crippen molar-refractivity contribution in [2.24, 2.45) is 47.3 Å². The van der Waals surface area contributed by atoms with Gasteiger partial charge in [0.15, 0.2) is 0 Å². The van der Waals surface area contributed by atoms with Crippen LogP contribution in [0.5, 0.6) is 0 Å². The number of allylic oxidation sites excluding steroid dienone is 7. The number of carboxylic acids is 1. The van der Waals surface area contributed by atoms with Crippen molar-refractivity contribution in [2.45, 2.75) is 32.6 Å². The van der Waals surface area contributed by atoms with Gasteiger partial charge in [0, 0.05) is 0 Å². The Labute approximate surface area is 145 Å². The lowest BCUT2D eigenvalue weighted by Crippen LogP contribution is -2.50. The topological polar surface area (TPSA) is 37.3 Å². The van der Waals surface area contributed by atoms with Crippen LogP contribution in [0.3, 0.4) is 0 Å². The molecule has 4 rings (SSSR count). The Balaban J connectivity index is 1.44. The molecule has 0 aromatic carbocycles. The van der Waals surface area contributed by atoms with Gasteiger partial charge in [-0.25, -0.2) is 0 Å². The molecule has 0 spiro atoms. The van der Waals surface area contributed by atoms with Gasteiger partial charge in [0.1, 0.15) is 0 Å². The summed E-state index contributed by atoms with van der Waals surface area (Å²) in [5, 5.41) is 9.51. The zero-order valence-electron chi connectivity index (χ0n) is 14.4. The zero-order valence-corrected chi connectivity index (χ0v) is 14.4. The predicted octanol–water partition coefficient (Wildman–Crippen LogP) is 4.86. The Morgan fingerprint density at radius 3 is 2.67 bits per heavy atom. The first-order chi connectivity index (χ1) is 11.7. The highest BCUT2D eigenvalue weighted by Gasteiger charge is 2.62. The zero-order chi connectivity index (χ0) is 16.7. The van der Waals surface area contributed by atoms with E-state index in [4.69, 9.17) is 0 Å². The van der Waals surface area contributed by atoms with Gasteiger partial charge < -0.3 is 5.11 Å². The molecule has 0 unspecified atom stereocenters. The molecule has 0 aliphatic heterocycles. The minimum Gasteiger partial charge on any atom is -0.481 e. The molecule has 0 heterocycles. The number of hydrogen-bond donors (Lipinski definition) is 1. The molecule has 0 amide bonds. The van der Waals surface area contributed by atoms with Crippen LogP contribution in [-0.2, 0) is 4.79 Å². The van der Waals surface area contributed by atoms with Crippen molar-refractivity contribution in [1.82, 2.24) is 0 Å². The van der Waals surface area contributed by atoms with Crippen LogP contribution >= 0.6 is 0 Å². The minimum atomic E-state index is -0.651. The highest BCUT2D eigenvalue weighted by Crippen LogP contribution is 2.67. The Morgan fingerprint density at radius 1 is 1.08 bits per heavy atom. The van der Waals surface area contributed by atoms with Crippen molar-refractivity contribution in [3.05, 3.63) is 48.6 Å². The maximum Gasteiger partial charge on any atom is 0.310 e. The lowest BCUT2D eigenvalue weighted by Gasteiger charge is -2.54. The predicted molar refractivity (Wildman–Crippen MR) is 96.3 cm³/mol. The van der Waals surface area contributed by atoms with Gasteiger partial charge in [0.2, 0.25) is 0 Å². The van der Waals surface area contributed by atoms with Crippen LogP contribution in [0.1, 0.15) is 32.6 Å². The first kappa shape index (κ1) is 15.9. The first-order valence-electron chi connectivity index (χ1n) is 9.63. The van der Waals surface area contributed by atoms with E-state index in [-0.39, 0.29) is 11.8 Å². The summed E-state index contributed by atoms with van der Waals surface area (Å²) in [6.45, 7) is 2.16. The molecule has 0 saturated heterocycles.